The van der Waals surface area contributed by atoms with Crippen LogP contribution in [0.5, 0.6) is 0 Å². The number of nitrogen functional groups attached to an aromatic ring is 1. The molecule has 0 aliphatic heterocycles. The smallest absolute Gasteiger partial charge is 0.358 e. The molecule has 6 nitrogen and oxygen atoms in total. The van der Waals surface area contributed by atoms with E-state index in [2.05, 4.69) is 14.9 Å². The predicted molar refractivity (Wildman–Crippen MR) is 79.8 cm³/mol. The Bertz CT molecular complexity index is 799. The summed E-state index contributed by atoms with van der Waals surface area (Å²) < 4.78 is 32.9. The number of nitroso groups, excluding NO2 is 1. The van der Waals surface area contributed by atoms with Crippen molar-refractivity contribution in [3.63, 3.8) is 0 Å². The van der Waals surface area contributed by atoms with E-state index in [-0.39, 0.29) is 12.1 Å². The van der Waals surface area contributed by atoms with Crippen LogP contribution in [0.4, 0.5) is 14.5 Å². The second-order valence-electron chi connectivity index (χ2n) is 4.44. The number of benzene rings is 1. The lowest BCUT2D eigenvalue weighted by molar-refractivity contribution is 0.0594. The second kappa shape index (κ2) is 6.66. The van der Waals surface area contributed by atoms with Gasteiger partial charge in [0.15, 0.2) is 11.5 Å². The molecule has 0 atom stereocenters. The monoisotopic (exact) mass is 341 g/mol. The minimum Gasteiger partial charge on any atom is -0.464 e. The zero-order valence-corrected chi connectivity index (χ0v) is 12.5. The first-order valence-electron chi connectivity index (χ1n) is 6.21. The number of hydrogen-bond donors (Lipinski definition) is 1. The highest BCUT2D eigenvalue weighted by Crippen LogP contribution is 2.33. The predicted octanol–water partition coefficient (Wildman–Crippen LogP) is 3.32. The summed E-state index contributed by atoms with van der Waals surface area (Å²) in [5.74, 6) is -2.86. The molecule has 2 aromatic rings. The van der Waals surface area contributed by atoms with Crippen LogP contribution in [0, 0.1) is 16.5 Å². The van der Waals surface area contributed by atoms with Crippen molar-refractivity contribution >= 4 is 23.3 Å². The molecule has 0 aliphatic carbocycles. The first-order chi connectivity index (χ1) is 10.9. The van der Waals surface area contributed by atoms with Gasteiger partial charge in [-0.2, -0.15) is 4.91 Å². The van der Waals surface area contributed by atoms with E-state index in [1.807, 2.05) is 0 Å². The SMILES string of the molecule is COC(=O)c1nc(-c2ccc(CN=O)cc2F)c(F)c(N)c1Cl. The molecule has 120 valence electrons. The number of nitrogens with two attached hydrogens (primary N) is 1. The maximum absolute atomic E-state index is 14.3. The van der Waals surface area contributed by atoms with Crippen LogP contribution in [-0.2, 0) is 11.3 Å². The molecule has 0 aliphatic rings. The first-order valence-corrected chi connectivity index (χ1v) is 6.59. The molecule has 23 heavy (non-hydrogen) atoms. The number of anilines is 1. The van der Waals surface area contributed by atoms with Crippen molar-refractivity contribution in [1.29, 1.82) is 0 Å². The Balaban J connectivity index is 2.66. The van der Waals surface area contributed by atoms with Gasteiger partial charge in [0.25, 0.3) is 0 Å². The Morgan fingerprint density at radius 3 is 2.70 bits per heavy atom. The number of ether oxygens (including phenoxy) is 1. The fraction of sp³-hybridized carbons (Fsp3) is 0.143. The maximum atomic E-state index is 14.3. The highest BCUT2D eigenvalue weighted by Gasteiger charge is 2.24. The molecule has 0 bridgehead atoms. The summed E-state index contributed by atoms with van der Waals surface area (Å²) in [4.78, 5) is 25.5. The number of carbonyl (C=O) groups excluding carboxylic acids is 1. The molecule has 1 aromatic heterocycles. The number of methoxy groups -OCH3 is 1. The Hall–Kier alpha value is -2.61. The van der Waals surface area contributed by atoms with Crippen molar-refractivity contribution in [2.75, 3.05) is 12.8 Å². The zero-order chi connectivity index (χ0) is 17.1. The first kappa shape index (κ1) is 16.8. The molecule has 0 unspecified atom stereocenters. The Morgan fingerprint density at radius 1 is 1.43 bits per heavy atom. The van der Waals surface area contributed by atoms with Crippen LogP contribution >= 0.6 is 11.6 Å². The molecule has 0 saturated heterocycles. The maximum Gasteiger partial charge on any atom is 0.358 e. The molecular formula is C14H10ClF2N3O3. The number of hydrogen-bond acceptors (Lipinski definition) is 6. The second-order valence-corrected chi connectivity index (χ2v) is 4.82. The lowest BCUT2D eigenvalue weighted by Crippen LogP contribution is -2.10. The number of halogens is 3. The molecule has 2 N–H and O–H groups in total. The number of pyridine rings is 1. The van der Waals surface area contributed by atoms with Crippen molar-refractivity contribution in [2.24, 2.45) is 5.18 Å². The third kappa shape index (κ3) is 3.11. The summed E-state index contributed by atoms with van der Waals surface area (Å²) in [6.07, 6.45) is 0. The summed E-state index contributed by atoms with van der Waals surface area (Å²) in [7, 11) is 1.08. The van der Waals surface area contributed by atoms with Crippen molar-refractivity contribution in [2.45, 2.75) is 6.54 Å². The fourth-order valence-corrected chi connectivity index (χ4v) is 2.10. The molecule has 1 aromatic carbocycles. The van der Waals surface area contributed by atoms with Gasteiger partial charge in [0.1, 0.15) is 18.1 Å². The number of nitrogens with zero attached hydrogens (tertiary/aromatic N) is 2. The summed E-state index contributed by atoms with van der Waals surface area (Å²) >= 11 is 5.77. The minimum absolute atomic E-state index is 0.233. The van der Waals surface area contributed by atoms with E-state index < -0.39 is 39.7 Å². The van der Waals surface area contributed by atoms with Gasteiger partial charge in [0.2, 0.25) is 0 Å². The number of esters is 1. The average Bonchev–Trinajstić information content (AvgIpc) is 2.53. The molecule has 0 amide bonds. The zero-order valence-electron chi connectivity index (χ0n) is 11.8. The van der Waals surface area contributed by atoms with Crippen LogP contribution < -0.4 is 5.73 Å². The quantitative estimate of drug-likeness (QED) is 0.680. The minimum atomic E-state index is -1.07. The molecule has 0 saturated carbocycles. The van der Waals surface area contributed by atoms with Crippen LogP contribution in [0.2, 0.25) is 5.02 Å². The molecule has 9 heteroatoms. The standard InChI is InChI=1S/C14H10ClF2N3O3/c1-23-14(21)13-9(15)11(18)10(17)12(20-13)7-3-2-6(5-19-22)4-8(7)16/h2-4H,5H2,1H3,(H2,18,20). The topological polar surface area (TPSA) is 94.6 Å². The molecule has 0 spiro atoms. The Morgan fingerprint density at radius 2 is 2.13 bits per heavy atom. The lowest BCUT2D eigenvalue weighted by atomic mass is 10.1. The highest BCUT2D eigenvalue weighted by atomic mass is 35.5. The van der Waals surface area contributed by atoms with Crippen LogP contribution in [0.1, 0.15) is 16.1 Å². The van der Waals surface area contributed by atoms with Gasteiger partial charge in [-0.05, 0) is 17.7 Å². The van der Waals surface area contributed by atoms with Gasteiger partial charge >= 0.3 is 5.97 Å². The van der Waals surface area contributed by atoms with Gasteiger partial charge in [-0.3, -0.25) is 0 Å². The summed E-state index contributed by atoms with van der Waals surface area (Å²) in [5, 5.41) is 2.22. The molecule has 0 fully saturated rings. The van der Waals surface area contributed by atoms with Crippen LogP contribution in [-0.4, -0.2) is 18.1 Å². The van der Waals surface area contributed by atoms with Gasteiger partial charge in [-0.15, -0.1) is 0 Å². The number of carbonyl (C=O) groups is 1. The Kier molecular flexibility index (Phi) is 4.85. The van der Waals surface area contributed by atoms with Gasteiger partial charge in [0.05, 0.1) is 17.8 Å². The van der Waals surface area contributed by atoms with Gasteiger partial charge in [-0.25, -0.2) is 18.6 Å². The normalized spacial score (nSPS) is 10.4. The molecule has 2 rings (SSSR count). The third-order valence-electron chi connectivity index (χ3n) is 3.03. The van der Waals surface area contributed by atoms with Crippen molar-refractivity contribution < 1.29 is 18.3 Å². The largest absolute Gasteiger partial charge is 0.464 e. The van der Waals surface area contributed by atoms with Crippen molar-refractivity contribution in [3.8, 4) is 11.3 Å². The van der Waals surface area contributed by atoms with E-state index in [0.29, 0.717) is 5.56 Å². The van der Waals surface area contributed by atoms with Crippen molar-refractivity contribution in [3.05, 3.63) is 51.0 Å². The van der Waals surface area contributed by atoms with Gasteiger partial charge in [0, 0.05) is 5.56 Å². The van der Waals surface area contributed by atoms with E-state index in [0.717, 1.165) is 13.2 Å². The summed E-state index contributed by atoms with van der Waals surface area (Å²) in [6.45, 7) is -0.233. The van der Waals surface area contributed by atoms with E-state index >= 15 is 0 Å². The highest BCUT2D eigenvalue weighted by molar-refractivity contribution is 6.35. The molecular weight excluding hydrogens is 332 g/mol. The van der Waals surface area contributed by atoms with Crippen LogP contribution in [0.3, 0.4) is 0 Å². The Labute approximate surface area is 134 Å². The van der Waals surface area contributed by atoms with E-state index in [4.69, 9.17) is 17.3 Å². The molecule has 0 radical (unpaired) electrons. The van der Waals surface area contributed by atoms with E-state index in [9.17, 15) is 18.5 Å². The van der Waals surface area contributed by atoms with E-state index in [1.165, 1.54) is 12.1 Å². The van der Waals surface area contributed by atoms with Crippen LogP contribution in [0.25, 0.3) is 11.3 Å². The fourth-order valence-electron chi connectivity index (χ4n) is 1.90. The average molecular weight is 342 g/mol. The number of rotatable bonds is 4. The van der Waals surface area contributed by atoms with Gasteiger partial charge in [-0.1, -0.05) is 22.8 Å². The number of aromatic nitrogens is 1. The summed E-state index contributed by atoms with van der Waals surface area (Å²) in [5.41, 5.74) is 4.10. The third-order valence-corrected chi connectivity index (χ3v) is 3.41. The van der Waals surface area contributed by atoms with Crippen LogP contribution in [0.15, 0.2) is 23.4 Å². The lowest BCUT2D eigenvalue weighted by Gasteiger charge is -2.11. The summed E-state index contributed by atoms with van der Waals surface area (Å²) in [6, 6.07) is 3.60. The van der Waals surface area contributed by atoms with Crippen molar-refractivity contribution in [1.82, 2.24) is 4.98 Å². The molecule has 1 heterocycles. The van der Waals surface area contributed by atoms with Gasteiger partial charge < -0.3 is 10.5 Å². The van der Waals surface area contributed by atoms with E-state index in [1.54, 1.807) is 0 Å².